The summed E-state index contributed by atoms with van der Waals surface area (Å²) in [6.07, 6.45) is 0.906. The summed E-state index contributed by atoms with van der Waals surface area (Å²) in [5.74, 6) is -0.144. The summed E-state index contributed by atoms with van der Waals surface area (Å²) in [6, 6.07) is 6.37. The molecule has 0 atom stereocenters. The summed E-state index contributed by atoms with van der Waals surface area (Å²) in [4.78, 5) is 19.4. The molecule has 2 rings (SSSR count). The van der Waals surface area contributed by atoms with Crippen LogP contribution in [0.25, 0.3) is 0 Å². The maximum absolute atomic E-state index is 12.8. The Morgan fingerprint density at radius 1 is 1.11 bits per heavy atom. The van der Waals surface area contributed by atoms with Crippen molar-refractivity contribution in [1.29, 1.82) is 0 Å². The number of rotatable bonds is 9. The molecule has 1 saturated heterocycles. The molecule has 158 valence electrons. The van der Waals surface area contributed by atoms with Crippen molar-refractivity contribution < 1.29 is 13.2 Å². The zero-order valence-electron chi connectivity index (χ0n) is 17.6. The number of sulfonamides is 1. The number of benzene rings is 1. The first-order valence-electron chi connectivity index (χ1n) is 10.1. The summed E-state index contributed by atoms with van der Waals surface area (Å²) in [5, 5.41) is 0. The van der Waals surface area contributed by atoms with Crippen molar-refractivity contribution in [2.24, 2.45) is 0 Å². The number of hydrogen-bond acceptors (Lipinski definition) is 5. The molecule has 1 heterocycles. The Morgan fingerprint density at radius 3 is 2.36 bits per heavy atom. The monoisotopic (exact) mass is 410 g/mol. The summed E-state index contributed by atoms with van der Waals surface area (Å²) in [7, 11) is 0.346. The summed E-state index contributed by atoms with van der Waals surface area (Å²) < 4.78 is 26.8. The fraction of sp³-hybridized carbons (Fsp3) is 0.650. The van der Waals surface area contributed by atoms with Gasteiger partial charge in [-0.1, -0.05) is 19.9 Å². The maximum Gasteiger partial charge on any atom is 0.253 e. The van der Waals surface area contributed by atoms with Crippen LogP contribution < -0.4 is 0 Å². The molecule has 0 spiro atoms. The number of likely N-dealkylation sites (N-methyl/N-ethyl adjacent to an activating group) is 1. The molecule has 0 aliphatic carbocycles. The molecule has 0 unspecified atom stereocenters. The minimum absolute atomic E-state index is 0.144. The number of amides is 1. The quantitative estimate of drug-likeness (QED) is 0.616. The second-order valence-electron chi connectivity index (χ2n) is 7.34. The van der Waals surface area contributed by atoms with Crippen molar-refractivity contribution in [3.8, 4) is 0 Å². The standard InChI is InChI=1S/C20H34N4O3S/c1-5-24(6-2)28(26,27)19-10-7-9-18(17-19)20(25)22(4)11-8-12-23-15-13-21(3)14-16-23/h7,9-10,17H,5-6,8,11-16H2,1-4H3. The zero-order chi connectivity index (χ0) is 20.7. The van der Waals surface area contributed by atoms with Gasteiger partial charge in [0, 0.05) is 58.4 Å². The predicted octanol–water partition coefficient (Wildman–Crippen LogP) is 1.43. The van der Waals surface area contributed by atoms with Crippen LogP contribution in [0.2, 0.25) is 0 Å². The molecule has 1 amide bonds. The van der Waals surface area contributed by atoms with Crippen LogP contribution in [0.15, 0.2) is 29.2 Å². The summed E-state index contributed by atoms with van der Waals surface area (Å²) in [6.45, 7) is 10.4. The molecule has 0 radical (unpaired) electrons. The van der Waals surface area contributed by atoms with Gasteiger partial charge in [0.15, 0.2) is 0 Å². The van der Waals surface area contributed by atoms with Gasteiger partial charge in [-0.15, -0.1) is 0 Å². The number of carbonyl (C=O) groups excluding carboxylic acids is 1. The Hall–Kier alpha value is -1.48. The fourth-order valence-corrected chi connectivity index (χ4v) is 4.93. The van der Waals surface area contributed by atoms with Crippen LogP contribution in [0.5, 0.6) is 0 Å². The highest BCUT2D eigenvalue weighted by atomic mass is 32.2. The molecule has 1 aliphatic rings. The number of carbonyl (C=O) groups is 1. The lowest BCUT2D eigenvalue weighted by Gasteiger charge is -2.32. The van der Waals surface area contributed by atoms with E-state index in [-0.39, 0.29) is 10.8 Å². The van der Waals surface area contributed by atoms with E-state index in [1.54, 1.807) is 30.1 Å². The van der Waals surface area contributed by atoms with Crippen LogP contribution in [0, 0.1) is 0 Å². The Bertz CT molecular complexity index is 742. The lowest BCUT2D eigenvalue weighted by molar-refractivity contribution is 0.0783. The fourth-order valence-electron chi connectivity index (χ4n) is 3.43. The molecule has 28 heavy (non-hydrogen) atoms. The molecule has 7 nitrogen and oxygen atoms in total. The highest BCUT2D eigenvalue weighted by molar-refractivity contribution is 7.89. The zero-order valence-corrected chi connectivity index (χ0v) is 18.4. The van der Waals surface area contributed by atoms with Crippen LogP contribution >= 0.6 is 0 Å². The van der Waals surface area contributed by atoms with Crippen molar-refractivity contribution in [2.45, 2.75) is 25.2 Å². The molecule has 0 N–H and O–H groups in total. The van der Waals surface area contributed by atoms with E-state index >= 15 is 0 Å². The van der Waals surface area contributed by atoms with E-state index in [2.05, 4.69) is 16.8 Å². The van der Waals surface area contributed by atoms with Crippen molar-refractivity contribution in [2.75, 3.05) is 66.5 Å². The number of nitrogens with zero attached hydrogens (tertiary/aromatic N) is 4. The third kappa shape index (κ3) is 5.76. The average molecular weight is 411 g/mol. The first-order valence-corrected chi connectivity index (χ1v) is 11.5. The van der Waals surface area contributed by atoms with Gasteiger partial charge in [-0.3, -0.25) is 4.79 Å². The summed E-state index contributed by atoms with van der Waals surface area (Å²) in [5.41, 5.74) is 0.412. The summed E-state index contributed by atoms with van der Waals surface area (Å²) >= 11 is 0. The van der Waals surface area contributed by atoms with E-state index in [9.17, 15) is 13.2 Å². The Morgan fingerprint density at radius 2 is 1.75 bits per heavy atom. The molecular formula is C20H34N4O3S. The van der Waals surface area contributed by atoms with Gasteiger partial charge < -0.3 is 14.7 Å². The number of piperazine rings is 1. The first kappa shape index (κ1) is 22.8. The second-order valence-corrected chi connectivity index (χ2v) is 9.28. The third-order valence-electron chi connectivity index (χ3n) is 5.33. The molecule has 0 aromatic heterocycles. The molecular weight excluding hydrogens is 376 g/mol. The molecule has 0 bridgehead atoms. The molecule has 1 fully saturated rings. The van der Waals surface area contributed by atoms with Crippen LogP contribution in [0.3, 0.4) is 0 Å². The van der Waals surface area contributed by atoms with E-state index in [0.717, 1.165) is 39.1 Å². The average Bonchev–Trinajstić information content (AvgIpc) is 2.69. The van der Waals surface area contributed by atoms with E-state index in [1.807, 2.05) is 13.8 Å². The van der Waals surface area contributed by atoms with Gasteiger partial charge in [-0.05, 0) is 38.2 Å². The van der Waals surface area contributed by atoms with E-state index < -0.39 is 10.0 Å². The predicted molar refractivity (Wildman–Crippen MR) is 112 cm³/mol. The highest BCUT2D eigenvalue weighted by Gasteiger charge is 2.23. The smallest absolute Gasteiger partial charge is 0.253 e. The van der Waals surface area contributed by atoms with E-state index in [4.69, 9.17) is 0 Å². The van der Waals surface area contributed by atoms with Crippen LogP contribution in [0.1, 0.15) is 30.6 Å². The lowest BCUT2D eigenvalue weighted by atomic mass is 10.2. The lowest BCUT2D eigenvalue weighted by Crippen LogP contribution is -2.45. The molecule has 0 saturated carbocycles. The van der Waals surface area contributed by atoms with Crippen molar-refractivity contribution in [3.63, 3.8) is 0 Å². The van der Waals surface area contributed by atoms with Gasteiger partial charge in [0.25, 0.3) is 5.91 Å². The molecule has 1 aromatic carbocycles. The topological polar surface area (TPSA) is 64.2 Å². The van der Waals surface area contributed by atoms with Crippen LogP contribution in [0.4, 0.5) is 0 Å². The van der Waals surface area contributed by atoms with Gasteiger partial charge in [0.2, 0.25) is 10.0 Å². The molecule has 8 heteroatoms. The first-order chi connectivity index (χ1) is 13.3. The van der Waals surface area contributed by atoms with Gasteiger partial charge in [0.05, 0.1) is 4.90 Å². The molecule has 1 aromatic rings. The van der Waals surface area contributed by atoms with Crippen LogP contribution in [-0.4, -0.2) is 99.8 Å². The Labute approximate surface area is 169 Å². The Kier molecular flexibility index (Phi) is 8.42. The highest BCUT2D eigenvalue weighted by Crippen LogP contribution is 2.18. The third-order valence-corrected chi connectivity index (χ3v) is 7.38. The van der Waals surface area contributed by atoms with Gasteiger partial charge in [0.1, 0.15) is 0 Å². The maximum atomic E-state index is 12.8. The normalized spacial score (nSPS) is 16.5. The van der Waals surface area contributed by atoms with Crippen molar-refractivity contribution in [1.82, 2.24) is 19.0 Å². The van der Waals surface area contributed by atoms with E-state index in [0.29, 0.717) is 25.2 Å². The second kappa shape index (κ2) is 10.3. The van der Waals surface area contributed by atoms with Gasteiger partial charge in [-0.25, -0.2) is 8.42 Å². The van der Waals surface area contributed by atoms with Crippen molar-refractivity contribution in [3.05, 3.63) is 29.8 Å². The SMILES string of the molecule is CCN(CC)S(=O)(=O)c1cccc(C(=O)N(C)CCCN2CCN(C)CC2)c1. The van der Waals surface area contributed by atoms with E-state index in [1.165, 1.54) is 10.4 Å². The van der Waals surface area contributed by atoms with Crippen molar-refractivity contribution >= 4 is 15.9 Å². The number of hydrogen-bond donors (Lipinski definition) is 0. The van der Waals surface area contributed by atoms with Gasteiger partial charge >= 0.3 is 0 Å². The molecule has 1 aliphatic heterocycles. The van der Waals surface area contributed by atoms with Gasteiger partial charge in [-0.2, -0.15) is 4.31 Å². The van der Waals surface area contributed by atoms with Crippen LogP contribution in [-0.2, 0) is 10.0 Å². The minimum Gasteiger partial charge on any atom is -0.342 e. The Balaban J connectivity index is 1.96. The minimum atomic E-state index is -3.57. The largest absolute Gasteiger partial charge is 0.342 e.